The minimum atomic E-state index is -0.509. The van der Waals surface area contributed by atoms with Crippen molar-refractivity contribution in [2.75, 3.05) is 37.8 Å². The van der Waals surface area contributed by atoms with Gasteiger partial charge in [0.15, 0.2) is 5.78 Å². The molecule has 0 atom stereocenters. The second kappa shape index (κ2) is 7.92. The van der Waals surface area contributed by atoms with Crippen LogP contribution in [0.15, 0.2) is 18.2 Å². The van der Waals surface area contributed by atoms with Crippen LogP contribution in [0.4, 0.5) is 10.1 Å². The first-order valence-corrected chi connectivity index (χ1v) is 8.97. The molecular weight excluding hydrogens is 351 g/mol. The highest BCUT2D eigenvalue weighted by molar-refractivity contribution is 6.15. The fourth-order valence-corrected chi connectivity index (χ4v) is 3.40. The summed E-state index contributed by atoms with van der Waals surface area (Å²) in [5.41, 5.74) is 2.63. The Labute approximate surface area is 157 Å². The number of benzene rings is 1. The first kappa shape index (κ1) is 19.1. The third-order valence-corrected chi connectivity index (χ3v) is 4.70. The van der Waals surface area contributed by atoms with Crippen molar-refractivity contribution in [3.63, 3.8) is 0 Å². The molecule has 0 amide bonds. The van der Waals surface area contributed by atoms with Crippen molar-refractivity contribution in [1.29, 1.82) is 0 Å². The molecule has 1 aromatic heterocycles. The van der Waals surface area contributed by atoms with Gasteiger partial charge >= 0.3 is 5.97 Å². The molecule has 6 nitrogen and oxygen atoms in total. The normalized spacial score (nSPS) is 14.3. The Morgan fingerprint density at radius 2 is 1.96 bits per heavy atom. The van der Waals surface area contributed by atoms with E-state index in [-0.39, 0.29) is 23.6 Å². The number of nitrogens with one attached hydrogen (secondary N) is 1. The van der Waals surface area contributed by atoms with Gasteiger partial charge in [-0.1, -0.05) is 0 Å². The maximum absolute atomic E-state index is 13.9. The number of carbonyl (C=O) groups excluding carboxylic acids is 2. The predicted octanol–water partition coefficient (Wildman–Crippen LogP) is 3.01. The Balaban J connectivity index is 2.04. The molecule has 7 heteroatoms. The highest BCUT2D eigenvalue weighted by Gasteiger charge is 2.27. The van der Waals surface area contributed by atoms with Crippen molar-refractivity contribution in [3.05, 3.63) is 52.1 Å². The number of nitrogens with zero attached hydrogens (tertiary/aromatic N) is 1. The number of hydrogen-bond donors (Lipinski definition) is 1. The molecule has 0 radical (unpaired) electrons. The molecule has 1 fully saturated rings. The van der Waals surface area contributed by atoms with E-state index >= 15 is 0 Å². The molecule has 0 unspecified atom stereocenters. The number of carbonyl (C=O) groups is 2. The van der Waals surface area contributed by atoms with Gasteiger partial charge in [-0.3, -0.25) is 4.79 Å². The summed E-state index contributed by atoms with van der Waals surface area (Å²) in [6, 6.07) is 4.23. The largest absolute Gasteiger partial charge is 0.461 e. The Hall–Kier alpha value is -2.67. The lowest BCUT2D eigenvalue weighted by molar-refractivity contribution is 0.0519. The third kappa shape index (κ3) is 3.73. The zero-order valence-electron chi connectivity index (χ0n) is 15.7. The molecule has 0 spiro atoms. The van der Waals surface area contributed by atoms with Gasteiger partial charge in [-0.15, -0.1) is 0 Å². The standard InChI is InChI=1S/C20H23FN2O4/c1-4-27-20(25)18-12(2)17(13(3)22-18)19(24)15-11-14(21)5-6-16(15)23-7-9-26-10-8-23/h5-6,11,22H,4,7-10H2,1-3H3. The number of halogens is 1. The summed E-state index contributed by atoms with van der Waals surface area (Å²) in [5.74, 6) is -1.31. The van der Waals surface area contributed by atoms with Crippen LogP contribution >= 0.6 is 0 Å². The molecule has 144 valence electrons. The van der Waals surface area contributed by atoms with E-state index in [9.17, 15) is 14.0 Å². The Kier molecular flexibility index (Phi) is 5.60. The molecule has 2 aromatic rings. The molecule has 3 rings (SSSR count). The van der Waals surface area contributed by atoms with E-state index in [1.54, 1.807) is 26.8 Å². The topological polar surface area (TPSA) is 71.6 Å². The zero-order chi connectivity index (χ0) is 19.6. The highest BCUT2D eigenvalue weighted by Crippen LogP contribution is 2.29. The molecule has 0 aliphatic carbocycles. The molecule has 1 aliphatic rings. The fourth-order valence-electron chi connectivity index (χ4n) is 3.40. The summed E-state index contributed by atoms with van der Waals surface area (Å²) in [6.45, 7) is 7.74. The second-order valence-corrected chi connectivity index (χ2v) is 6.44. The first-order chi connectivity index (χ1) is 12.9. The van der Waals surface area contributed by atoms with Crippen molar-refractivity contribution >= 4 is 17.4 Å². The lowest BCUT2D eigenvalue weighted by Gasteiger charge is -2.30. The number of rotatable bonds is 5. The van der Waals surface area contributed by atoms with Crippen LogP contribution in [0.5, 0.6) is 0 Å². The number of ketones is 1. The van der Waals surface area contributed by atoms with E-state index in [4.69, 9.17) is 9.47 Å². The number of aryl methyl sites for hydroxylation is 1. The number of H-pyrrole nitrogens is 1. The summed E-state index contributed by atoms with van der Waals surface area (Å²) >= 11 is 0. The average Bonchev–Trinajstić information content (AvgIpc) is 2.96. The van der Waals surface area contributed by atoms with Crippen LogP contribution in [-0.2, 0) is 9.47 Å². The maximum atomic E-state index is 13.9. The van der Waals surface area contributed by atoms with Crippen LogP contribution < -0.4 is 4.90 Å². The van der Waals surface area contributed by atoms with Gasteiger partial charge in [0.2, 0.25) is 0 Å². The van der Waals surface area contributed by atoms with Crippen molar-refractivity contribution in [1.82, 2.24) is 4.98 Å². The monoisotopic (exact) mass is 374 g/mol. The van der Waals surface area contributed by atoms with E-state index in [0.29, 0.717) is 48.8 Å². The van der Waals surface area contributed by atoms with Crippen LogP contribution in [0.1, 0.15) is 44.6 Å². The van der Waals surface area contributed by atoms with Crippen molar-refractivity contribution in [2.45, 2.75) is 20.8 Å². The number of hydrogen-bond acceptors (Lipinski definition) is 5. The van der Waals surface area contributed by atoms with Gasteiger partial charge in [0.25, 0.3) is 0 Å². The number of aromatic nitrogens is 1. The highest BCUT2D eigenvalue weighted by atomic mass is 19.1. The number of esters is 1. The Morgan fingerprint density at radius 1 is 1.26 bits per heavy atom. The quantitative estimate of drug-likeness (QED) is 0.643. The third-order valence-electron chi connectivity index (χ3n) is 4.70. The van der Waals surface area contributed by atoms with Gasteiger partial charge in [0, 0.05) is 35.6 Å². The van der Waals surface area contributed by atoms with E-state index in [1.165, 1.54) is 12.1 Å². The van der Waals surface area contributed by atoms with E-state index in [2.05, 4.69) is 4.98 Å². The molecule has 1 aliphatic heterocycles. The van der Waals surface area contributed by atoms with Gasteiger partial charge < -0.3 is 19.4 Å². The smallest absolute Gasteiger partial charge is 0.355 e. The SMILES string of the molecule is CCOC(=O)c1[nH]c(C)c(C(=O)c2cc(F)ccc2N2CCOCC2)c1C. The average molecular weight is 374 g/mol. The lowest BCUT2D eigenvalue weighted by Crippen LogP contribution is -2.37. The van der Waals surface area contributed by atoms with E-state index in [1.807, 2.05) is 4.90 Å². The summed E-state index contributed by atoms with van der Waals surface area (Å²) in [5, 5.41) is 0. The summed E-state index contributed by atoms with van der Waals surface area (Å²) < 4.78 is 24.3. The number of aromatic amines is 1. The summed E-state index contributed by atoms with van der Waals surface area (Å²) in [4.78, 5) is 30.4. The second-order valence-electron chi connectivity index (χ2n) is 6.44. The van der Waals surface area contributed by atoms with Gasteiger partial charge in [0.05, 0.1) is 19.8 Å². The lowest BCUT2D eigenvalue weighted by atomic mass is 9.97. The van der Waals surface area contributed by atoms with Crippen LogP contribution in [0.25, 0.3) is 0 Å². The zero-order valence-corrected chi connectivity index (χ0v) is 15.7. The van der Waals surface area contributed by atoms with Crippen LogP contribution in [-0.4, -0.2) is 49.6 Å². The van der Waals surface area contributed by atoms with Gasteiger partial charge in [0.1, 0.15) is 11.5 Å². The van der Waals surface area contributed by atoms with Gasteiger partial charge in [-0.25, -0.2) is 9.18 Å². The number of anilines is 1. The van der Waals surface area contributed by atoms with Crippen LogP contribution in [0.3, 0.4) is 0 Å². The summed E-state index contributed by atoms with van der Waals surface area (Å²) in [6.07, 6.45) is 0. The van der Waals surface area contributed by atoms with E-state index in [0.717, 1.165) is 0 Å². The molecule has 1 saturated heterocycles. The van der Waals surface area contributed by atoms with Gasteiger partial charge in [-0.2, -0.15) is 0 Å². The number of ether oxygens (including phenoxy) is 2. The van der Waals surface area contributed by atoms with Gasteiger partial charge in [-0.05, 0) is 44.5 Å². The van der Waals surface area contributed by atoms with Crippen molar-refractivity contribution < 1.29 is 23.5 Å². The molecule has 1 aromatic carbocycles. The molecule has 1 N–H and O–H groups in total. The Bertz CT molecular complexity index is 869. The molecule has 0 saturated carbocycles. The van der Waals surface area contributed by atoms with Crippen molar-refractivity contribution in [3.8, 4) is 0 Å². The van der Waals surface area contributed by atoms with Crippen LogP contribution in [0, 0.1) is 19.7 Å². The molecule has 2 heterocycles. The van der Waals surface area contributed by atoms with E-state index < -0.39 is 11.8 Å². The molecule has 0 bridgehead atoms. The predicted molar refractivity (Wildman–Crippen MR) is 99.1 cm³/mol. The minimum absolute atomic E-state index is 0.241. The molecule has 27 heavy (non-hydrogen) atoms. The number of morpholine rings is 1. The summed E-state index contributed by atoms with van der Waals surface area (Å²) in [7, 11) is 0. The first-order valence-electron chi connectivity index (χ1n) is 8.97. The minimum Gasteiger partial charge on any atom is -0.461 e. The fraction of sp³-hybridized carbons (Fsp3) is 0.400. The maximum Gasteiger partial charge on any atom is 0.355 e. The molecular formula is C20H23FN2O4. The Morgan fingerprint density at radius 3 is 2.63 bits per heavy atom. The van der Waals surface area contributed by atoms with Crippen molar-refractivity contribution in [2.24, 2.45) is 0 Å². The van der Waals surface area contributed by atoms with Crippen LogP contribution in [0.2, 0.25) is 0 Å².